The number of carbonyl (C=O) groups is 1. The van der Waals surface area contributed by atoms with E-state index in [1.165, 1.54) is 0 Å². The summed E-state index contributed by atoms with van der Waals surface area (Å²) in [5.41, 5.74) is 2.16. The summed E-state index contributed by atoms with van der Waals surface area (Å²) < 4.78 is 10.9. The molecule has 2 N–H and O–H groups in total. The SMILES string of the molecule is Cc1nc2cc(NC(=O)[C@H]3NCCO[C@@H]3C)ccc2o1.Cl.Cl. The van der Waals surface area contributed by atoms with Crippen molar-refractivity contribution >= 4 is 47.5 Å². The normalized spacial score (nSPS) is 20.8. The molecule has 0 unspecified atom stereocenters. The highest BCUT2D eigenvalue weighted by molar-refractivity contribution is 5.96. The number of ether oxygens (including phenoxy) is 1. The molecule has 0 bridgehead atoms. The van der Waals surface area contributed by atoms with Gasteiger partial charge in [0.25, 0.3) is 0 Å². The number of amides is 1. The average Bonchev–Trinajstić information content (AvgIpc) is 2.78. The predicted molar refractivity (Wildman–Crippen MR) is 89.1 cm³/mol. The van der Waals surface area contributed by atoms with Crippen molar-refractivity contribution in [3.05, 3.63) is 24.1 Å². The first kappa shape index (κ1) is 18.7. The Balaban J connectivity index is 0.00000121. The minimum absolute atomic E-state index is 0. The fraction of sp³-hybridized carbons (Fsp3) is 0.429. The second kappa shape index (κ2) is 7.78. The lowest BCUT2D eigenvalue weighted by Gasteiger charge is -2.29. The van der Waals surface area contributed by atoms with Gasteiger partial charge in [-0.2, -0.15) is 0 Å². The van der Waals surface area contributed by atoms with Crippen molar-refractivity contribution in [1.29, 1.82) is 0 Å². The Bertz CT molecular complexity index is 647. The van der Waals surface area contributed by atoms with Crippen LogP contribution in [0.5, 0.6) is 0 Å². The number of hydrogen-bond donors (Lipinski definition) is 2. The molecule has 1 aromatic heterocycles. The molecule has 2 heterocycles. The molecule has 1 aromatic carbocycles. The largest absolute Gasteiger partial charge is 0.441 e. The van der Waals surface area contributed by atoms with E-state index in [0.717, 1.165) is 5.52 Å². The molecule has 1 aliphatic heterocycles. The highest BCUT2D eigenvalue weighted by atomic mass is 35.5. The molecule has 3 rings (SSSR count). The van der Waals surface area contributed by atoms with Crippen molar-refractivity contribution in [2.24, 2.45) is 0 Å². The highest BCUT2D eigenvalue weighted by Gasteiger charge is 2.28. The number of carbonyl (C=O) groups excluding carboxylic acids is 1. The monoisotopic (exact) mass is 347 g/mol. The maximum Gasteiger partial charge on any atom is 0.244 e. The van der Waals surface area contributed by atoms with Crippen LogP contribution >= 0.6 is 24.8 Å². The van der Waals surface area contributed by atoms with E-state index in [1.54, 1.807) is 25.1 Å². The number of aromatic nitrogens is 1. The third-order valence-corrected chi connectivity index (χ3v) is 3.36. The Kier molecular flexibility index (Phi) is 6.62. The molecule has 1 saturated heterocycles. The number of nitrogens with one attached hydrogen (secondary N) is 2. The van der Waals surface area contributed by atoms with Gasteiger partial charge in [0.05, 0.1) is 12.7 Å². The van der Waals surface area contributed by atoms with Crippen LogP contribution in [0.2, 0.25) is 0 Å². The molecule has 1 amide bonds. The molecule has 122 valence electrons. The third kappa shape index (κ3) is 3.89. The standard InChI is InChI=1S/C14H17N3O3.2ClH/c1-8-13(15-5-6-19-8)14(18)17-10-3-4-12-11(7-10)16-9(2)20-12;;/h3-4,7-8,13,15H,5-6H2,1-2H3,(H,17,18);2*1H/t8-,13+;;/m1../s1. The lowest BCUT2D eigenvalue weighted by molar-refractivity contribution is -0.123. The molecule has 1 fully saturated rings. The third-order valence-electron chi connectivity index (χ3n) is 3.36. The van der Waals surface area contributed by atoms with Gasteiger partial charge in [-0.1, -0.05) is 0 Å². The van der Waals surface area contributed by atoms with Crippen LogP contribution in [0, 0.1) is 6.92 Å². The molecule has 0 radical (unpaired) electrons. The first-order valence-corrected chi connectivity index (χ1v) is 6.66. The Hall–Kier alpha value is -1.34. The van der Waals surface area contributed by atoms with Gasteiger partial charge in [-0.05, 0) is 25.1 Å². The van der Waals surface area contributed by atoms with E-state index in [1.807, 2.05) is 6.92 Å². The van der Waals surface area contributed by atoms with Crippen LogP contribution < -0.4 is 10.6 Å². The Labute approximate surface area is 140 Å². The highest BCUT2D eigenvalue weighted by Crippen LogP contribution is 2.20. The molecule has 0 aliphatic carbocycles. The summed E-state index contributed by atoms with van der Waals surface area (Å²) in [6.45, 7) is 5.00. The van der Waals surface area contributed by atoms with E-state index in [4.69, 9.17) is 9.15 Å². The summed E-state index contributed by atoms with van der Waals surface area (Å²) in [6.07, 6.45) is -0.137. The van der Waals surface area contributed by atoms with Crippen LogP contribution in [0.3, 0.4) is 0 Å². The number of rotatable bonds is 2. The Morgan fingerprint density at radius 3 is 2.91 bits per heavy atom. The first-order chi connectivity index (χ1) is 9.63. The van der Waals surface area contributed by atoms with Gasteiger partial charge in [-0.15, -0.1) is 24.8 Å². The van der Waals surface area contributed by atoms with Crippen molar-refractivity contribution in [3.63, 3.8) is 0 Å². The Morgan fingerprint density at radius 2 is 2.18 bits per heavy atom. The van der Waals surface area contributed by atoms with Gasteiger partial charge in [0.2, 0.25) is 5.91 Å². The van der Waals surface area contributed by atoms with Crippen molar-refractivity contribution in [3.8, 4) is 0 Å². The molecule has 2 aromatic rings. The number of aryl methyl sites for hydroxylation is 1. The molecule has 2 atom stereocenters. The summed E-state index contributed by atoms with van der Waals surface area (Å²) in [7, 11) is 0. The predicted octanol–water partition coefficient (Wildman–Crippen LogP) is 2.30. The van der Waals surface area contributed by atoms with Crippen molar-refractivity contribution in [1.82, 2.24) is 10.3 Å². The smallest absolute Gasteiger partial charge is 0.244 e. The molecular weight excluding hydrogens is 329 g/mol. The number of morpholine rings is 1. The molecular formula is C14H19Cl2N3O3. The zero-order chi connectivity index (χ0) is 14.1. The summed E-state index contributed by atoms with van der Waals surface area (Å²) in [4.78, 5) is 16.5. The van der Waals surface area contributed by atoms with Crippen LogP contribution in [0.15, 0.2) is 22.6 Å². The topological polar surface area (TPSA) is 76.4 Å². The summed E-state index contributed by atoms with van der Waals surface area (Å²) in [5.74, 6) is 0.510. The first-order valence-electron chi connectivity index (χ1n) is 6.66. The number of fused-ring (bicyclic) bond motifs is 1. The van der Waals surface area contributed by atoms with Gasteiger partial charge in [-0.25, -0.2) is 4.98 Å². The van der Waals surface area contributed by atoms with Crippen LogP contribution in [-0.4, -0.2) is 36.2 Å². The van der Waals surface area contributed by atoms with Gasteiger partial charge < -0.3 is 19.8 Å². The zero-order valence-electron chi connectivity index (χ0n) is 12.3. The molecule has 22 heavy (non-hydrogen) atoms. The van der Waals surface area contributed by atoms with E-state index in [2.05, 4.69) is 15.6 Å². The van der Waals surface area contributed by atoms with Gasteiger partial charge in [-0.3, -0.25) is 4.79 Å². The number of anilines is 1. The second-order valence-electron chi connectivity index (χ2n) is 4.91. The van der Waals surface area contributed by atoms with Gasteiger partial charge in [0, 0.05) is 19.2 Å². The summed E-state index contributed by atoms with van der Waals surface area (Å²) in [6, 6.07) is 5.08. The van der Waals surface area contributed by atoms with Crippen LogP contribution in [-0.2, 0) is 9.53 Å². The van der Waals surface area contributed by atoms with Crippen molar-refractivity contribution in [2.45, 2.75) is 26.0 Å². The van der Waals surface area contributed by atoms with E-state index in [9.17, 15) is 4.79 Å². The second-order valence-corrected chi connectivity index (χ2v) is 4.91. The number of halogens is 2. The number of nitrogens with zero attached hydrogens (tertiary/aromatic N) is 1. The lowest BCUT2D eigenvalue weighted by Crippen LogP contribution is -2.53. The van der Waals surface area contributed by atoms with Crippen LogP contribution in [0.25, 0.3) is 11.1 Å². The van der Waals surface area contributed by atoms with Gasteiger partial charge in [0.1, 0.15) is 11.6 Å². The van der Waals surface area contributed by atoms with E-state index in [0.29, 0.717) is 30.3 Å². The van der Waals surface area contributed by atoms with Crippen LogP contribution in [0.4, 0.5) is 5.69 Å². The fourth-order valence-electron chi connectivity index (χ4n) is 2.37. The van der Waals surface area contributed by atoms with E-state index in [-0.39, 0.29) is 42.9 Å². The summed E-state index contributed by atoms with van der Waals surface area (Å²) >= 11 is 0. The molecule has 0 spiro atoms. The fourth-order valence-corrected chi connectivity index (χ4v) is 2.37. The van der Waals surface area contributed by atoms with Crippen molar-refractivity contribution < 1.29 is 13.9 Å². The number of hydrogen-bond acceptors (Lipinski definition) is 5. The van der Waals surface area contributed by atoms with Gasteiger partial charge in [0.15, 0.2) is 11.5 Å². The molecule has 0 saturated carbocycles. The number of oxazole rings is 1. The van der Waals surface area contributed by atoms with Gasteiger partial charge >= 0.3 is 0 Å². The van der Waals surface area contributed by atoms with E-state index < -0.39 is 0 Å². The Morgan fingerprint density at radius 1 is 1.41 bits per heavy atom. The van der Waals surface area contributed by atoms with Crippen molar-refractivity contribution in [2.75, 3.05) is 18.5 Å². The quantitative estimate of drug-likeness (QED) is 0.871. The zero-order valence-corrected chi connectivity index (χ0v) is 13.9. The van der Waals surface area contributed by atoms with E-state index >= 15 is 0 Å². The maximum atomic E-state index is 12.2. The molecule has 8 heteroatoms. The minimum atomic E-state index is -0.335. The minimum Gasteiger partial charge on any atom is -0.441 e. The number of benzene rings is 1. The maximum absolute atomic E-state index is 12.2. The molecule has 6 nitrogen and oxygen atoms in total. The molecule has 1 aliphatic rings. The van der Waals surface area contributed by atoms with Crippen LogP contribution in [0.1, 0.15) is 12.8 Å². The average molecular weight is 348 g/mol. The summed E-state index contributed by atoms with van der Waals surface area (Å²) in [5, 5.41) is 6.04. The lowest BCUT2D eigenvalue weighted by atomic mass is 10.1.